The van der Waals surface area contributed by atoms with Gasteiger partial charge in [0.2, 0.25) is 0 Å². The van der Waals surface area contributed by atoms with Crippen molar-refractivity contribution in [2.24, 2.45) is 47.3 Å². The van der Waals surface area contributed by atoms with E-state index in [1.807, 2.05) is 0 Å². The summed E-state index contributed by atoms with van der Waals surface area (Å²) in [4.78, 5) is 0. The fourth-order valence-corrected chi connectivity index (χ4v) is 72.9. The molecule has 22 fully saturated rings. The topological polar surface area (TPSA) is 211 Å². The first-order valence-electron chi connectivity index (χ1n) is 34.5. The van der Waals surface area contributed by atoms with Crippen LogP contribution in [0.15, 0.2) is 0 Å². The summed E-state index contributed by atoms with van der Waals surface area (Å²) >= 11 is 0. The van der Waals surface area contributed by atoms with E-state index in [0.717, 1.165) is 154 Å². The number of fused-ring (bicyclic) bond motifs is 8. The van der Waals surface area contributed by atoms with Gasteiger partial charge in [-0.2, -0.15) is 0 Å². The molecule has 20 nitrogen and oxygen atoms in total. The van der Waals surface area contributed by atoms with Gasteiger partial charge >= 0.3 is 70.4 Å². The van der Waals surface area contributed by atoms with Gasteiger partial charge < -0.3 is 87.3 Å². The lowest BCUT2D eigenvalue weighted by Gasteiger charge is -2.64. The fraction of sp³-hybridized carbons (Fsp3) is 1.00. The Morgan fingerprint density at radius 2 is 0.274 bits per heavy atom. The molecule has 0 radical (unpaired) electrons. The standard InChI is InChI=1S/C56H88O20Si8/c1-9-41-49(57-41)17-33(1)25-77-65-78(26-34-2-10-42-50(18-34)58-42)68-81(29-37-5-13-45-53(21-37)61-45)70-79(66-77,27-35-3-11-43-51(19-35)59-43)72-83(31-39-7-15-47-55(23-39)63-47)73-80(67-77,28-36-4-12-44-52(20-36)60-44)71-82(69-78,30-38-6-14-46-54(22-38)62-46)75-84(74-81,76-83)32-40-8-16-48-56(24-40)64-48/h33-56H,1-32H2. The van der Waals surface area contributed by atoms with Crippen LogP contribution in [0.2, 0.25) is 48.4 Å². The monoisotopic (exact) mass is 1300 g/mol. The summed E-state index contributed by atoms with van der Waals surface area (Å²) in [5.41, 5.74) is 0. The quantitative estimate of drug-likeness (QED) is 0.105. The summed E-state index contributed by atoms with van der Waals surface area (Å²) < 4.78 is 156. The molecule has 0 N–H and O–H groups in total. The third kappa shape index (κ3) is 10.3. The molecule has 8 bridgehead atoms. The van der Waals surface area contributed by atoms with E-state index in [1.54, 1.807) is 0 Å². The predicted molar refractivity (Wildman–Crippen MR) is 306 cm³/mol. The summed E-state index contributed by atoms with van der Waals surface area (Å²) in [5.74, 6) is 1.57. The predicted octanol–water partition coefficient (Wildman–Crippen LogP) is 8.30. The van der Waals surface area contributed by atoms with Crippen LogP contribution in [-0.4, -0.2) is 168 Å². The molecule has 22 aliphatic rings. The van der Waals surface area contributed by atoms with Gasteiger partial charge in [0.15, 0.2) is 0 Å². The maximum absolute atomic E-state index is 8.74. The number of ether oxygens (including phenoxy) is 8. The second-order valence-electron chi connectivity index (χ2n) is 31.5. The van der Waals surface area contributed by atoms with Crippen LogP contribution in [-0.2, 0) is 87.3 Å². The van der Waals surface area contributed by atoms with Crippen LogP contribution in [0.1, 0.15) is 154 Å². The van der Waals surface area contributed by atoms with Crippen molar-refractivity contribution in [2.45, 2.75) is 300 Å². The van der Waals surface area contributed by atoms with Crippen LogP contribution >= 0.6 is 0 Å². The largest absolute Gasteiger partial charge is 0.479 e. The van der Waals surface area contributed by atoms with Crippen LogP contribution in [0.5, 0.6) is 0 Å². The minimum absolute atomic E-state index is 0.196. The van der Waals surface area contributed by atoms with E-state index in [-0.39, 0.29) is 96.2 Å². The van der Waals surface area contributed by atoms with E-state index in [1.165, 1.54) is 0 Å². The van der Waals surface area contributed by atoms with Gasteiger partial charge in [-0.25, -0.2) is 0 Å². The normalized spacial score (nSPS) is 62.9. The lowest BCUT2D eigenvalue weighted by atomic mass is 9.91. The third-order valence-electron chi connectivity index (χ3n) is 24.9. The van der Waals surface area contributed by atoms with Crippen LogP contribution in [0.25, 0.3) is 0 Å². The lowest BCUT2D eigenvalue weighted by Crippen LogP contribution is -2.89. The molecule has 8 saturated carbocycles. The number of rotatable bonds is 16. The zero-order valence-electron chi connectivity index (χ0n) is 48.6. The number of epoxide rings is 8. The van der Waals surface area contributed by atoms with Gasteiger partial charge in [0, 0.05) is 48.4 Å². The molecule has 0 aromatic heterocycles. The minimum atomic E-state index is -4.25. The zero-order valence-corrected chi connectivity index (χ0v) is 56.6. The SMILES string of the molecule is C1CC2OC2CC1C[Si]12O[Si]3(CC4CCC5OC5C4)O[Si]4(CC5CCC6OC6C5)O[Si](CC5CCC6OC6C5)(O1)O[Si]1(CC5CCC6OC6C5)O[Si](CC5CCC6OC6C5)(O2)O[Si](CC2CCC5OC5C2)(O3)O[Si](CC2CCC3OC3C2)(O4)O1. The van der Waals surface area contributed by atoms with Crippen LogP contribution < -0.4 is 0 Å². The second kappa shape index (κ2) is 19.3. The van der Waals surface area contributed by atoms with Crippen molar-refractivity contribution in [3.05, 3.63) is 0 Å². The van der Waals surface area contributed by atoms with Crippen molar-refractivity contribution in [1.82, 2.24) is 0 Å². The Labute approximate surface area is 502 Å². The summed E-state index contributed by atoms with van der Waals surface area (Å²) in [6, 6.07) is 4.44. The summed E-state index contributed by atoms with van der Waals surface area (Å²) in [7, 11) is -34.0. The highest BCUT2D eigenvalue weighted by Crippen LogP contribution is 2.62. The van der Waals surface area contributed by atoms with Crippen molar-refractivity contribution >= 4 is 70.4 Å². The average molecular weight is 1310 g/mol. The van der Waals surface area contributed by atoms with Crippen molar-refractivity contribution < 1.29 is 87.3 Å². The maximum Gasteiger partial charge on any atom is 0.479 e. The highest BCUT2D eigenvalue weighted by Gasteiger charge is 2.85. The number of hydrogen-bond acceptors (Lipinski definition) is 20. The van der Waals surface area contributed by atoms with E-state index >= 15 is 0 Å². The molecule has 8 aliphatic carbocycles. The van der Waals surface area contributed by atoms with Gasteiger partial charge in [0.05, 0.1) is 97.7 Å². The minimum Gasteiger partial charge on any atom is -0.373 e. The summed E-state index contributed by atoms with van der Waals surface area (Å²) in [6.45, 7) is 0. The molecular weight excluding hydrogens is 1220 g/mol. The molecule has 14 aliphatic heterocycles. The van der Waals surface area contributed by atoms with E-state index < -0.39 is 70.4 Å². The molecule has 84 heavy (non-hydrogen) atoms. The average Bonchev–Trinajstić information content (AvgIpc) is 1.66. The Morgan fingerprint density at radius 1 is 0.155 bits per heavy atom. The lowest BCUT2D eigenvalue weighted by molar-refractivity contribution is -0.0378. The Morgan fingerprint density at radius 3 is 0.381 bits per heavy atom. The molecule has 0 aromatic rings. The van der Waals surface area contributed by atoms with Crippen molar-refractivity contribution in [2.75, 3.05) is 0 Å². The molecule has 22 rings (SSSR count). The second-order valence-corrected chi connectivity index (χ2v) is 55.5. The zero-order chi connectivity index (χ0) is 54.6. The van der Waals surface area contributed by atoms with E-state index in [0.29, 0.717) is 97.2 Å². The highest BCUT2D eigenvalue weighted by molar-refractivity contribution is 7.03. The Bertz CT molecular complexity index is 2060. The fourth-order valence-electron chi connectivity index (χ4n) is 20.5. The van der Waals surface area contributed by atoms with Gasteiger partial charge in [0.25, 0.3) is 0 Å². The Kier molecular flexibility index (Phi) is 12.5. The molecule has 14 saturated heterocycles. The molecule has 0 aromatic carbocycles. The van der Waals surface area contributed by atoms with Gasteiger partial charge in [0.1, 0.15) is 0 Å². The maximum atomic E-state index is 8.74. The van der Waals surface area contributed by atoms with E-state index in [2.05, 4.69) is 0 Å². The first-order valence-corrected chi connectivity index (χ1v) is 50.0. The molecule has 0 amide bonds. The summed E-state index contributed by atoms with van der Waals surface area (Å²) in [5, 5.41) is 0. The first-order chi connectivity index (χ1) is 40.8. The molecule has 464 valence electrons. The van der Waals surface area contributed by atoms with Crippen molar-refractivity contribution in [1.29, 1.82) is 0 Å². The van der Waals surface area contributed by atoms with E-state index in [9.17, 15) is 0 Å². The van der Waals surface area contributed by atoms with Crippen LogP contribution in [0.4, 0.5) is 0 Å². The van der Waals surface area contributed by atoms with Crippen molar-refractivity contribution in [3.8, 4) is 0 Å². The third-order valence-corrected chi connectivity index (χ3v) is 63.4. The van der Waals surface area contributed by atoms with Gasteiger partial charge in [-0.3, -0.25) is 0 Å². The highest BCUT2D eigenvalue weighted by atomic mass is 28.6. The van der Waals surface area contributed by atoms with E-state index in [4.69, 9.17) is 87.3 Å². The smallest absolute Gasteiger partial charge is 0.373 e. The first kappa shape index (κ1) is 54.3. The van der Waals surface area contributed by atoms with Crippen molar-refractivity contribution in [3.63, 3.8) is 0 Å². The summed E-state index contributed by atoms with van der Waals surface area (Å²) in [6.07, 6.45) is 27.7. The van der Waals surface area contributed by atoms with Gasteiger partial charge in [-0.1, -0.05) is 0 Å². The molecule has 24 unspecified atom stereocenters. The molecular formula is C56H88O20Si8. The number of hydrogen-bond donors (Lipinski definition) is 0. The van der Waals surface area contributed by atoms with Gasteiger partial charge in [-0.15, -0.1) is 0 Å². The van der Waals surface area contributed by atoms with Crippen LogP contribution in [0, 0.1) is 47.3 Å². The van der Waals surface area contributed by atoms with Crippen LogP contribution in [0.3, 0.4) is 0 Å². The molecule has 28 heteroatoms. The molecule has 14 heterocycles. The van der Waals surface area contributed by atoms with Gasteiger partial charge in [-0.05, 0) is 201 Å². The Balaban J connectivity index is 0.794. The molecule has 0 spiro atoms. The molecule has 24 atom stereocenters. The Hall–Kier alpha value is 0.935.